The van der Waals surface area contributed by atoms with E-state index in [1.54, 1.807) is 4.90 Å². The van der Waals surface area contributed by atoms with Crippen LogP contribution in [-0.2, 0) is 16.8 Å². The average molecular weight is 523 g/mol. The Balaban J connectivity index is 1.23. The quantitative estimate of drug-likeness (QED) is 0.294. The van der Waals surface area contributed by atoms with Crippen LogP contribution < -0.4 is 5.32 Å². The summed E-state index contributed by atoms with van der Waals surface area (Å²) in [6, 6.07) is 18.7. The fourth-order valence-electron chi connectivity index (χ4n) is 5.10. The third kappa shape index (κ3) is 4.02. The van der Waals surface area contributed by atoms with Gasteiger partial charge in [0.25, 0.3) is 0 Å². The maximum absolute atomic E-state index is 14.7. The zero-order chi connectivity index (χ0) is 24.9. The molecule has 1 saturated carbocycles. The number of benzene rings is 3. The first-order chi connectivity index (χ1) is 17.4. The Morgan fingerprint density at radius 3 is 2.81 bits per heavy atom. The van der Waals surface area contributed by atoms with Gasteiger partial charge in [0.05, 0.1) is 21.2 Å². The van der Waals surface area contributed by atoms with Gasteiger partial charge in [-0.25, -0.2) is 19.2 Å². The van der Waals surface area contributed by atoms with Gasteiger partial charge in [0, 0.05) is 23.9 Å². The number of likely N-dealkylation sites (tertiary alicyclic amines) is 1. The van der Waals surface area contributed by atoms with Crippen molar-refractivity contribution in [2.45, 2.75) is 18.4 Å². The molecule has 2 atom stereocenters. The Morgan fingerprint density at radius 2 is 1.97 bits per heavy atom. The molecule has 6 rings (SSSR count). The molecule has 3 aromatic carbocycles. The molecule has 0 bridgehead atoms. The highest BCUT2D eigenvalue weighted by Crippen LogP contribution is 2.59. The van der Waals surface area contributed by atoms with E-state index in [4.69, 9.17) is 27.9 Å². The zero-order valence-electron chi connectivity index (χ0n) is 19.0. The fraction of sp³-hybridized carbons (Fsp3) is 0.222. The Morgan fingerprint density at radius 1 is 1.14 bits per heavy atom. The summed E-state index contributed by atoms with van der Waals surface area (Å²) in [5.74, 6) is 0.186. The van der Waals surface area contributed by atoms with Crippen molar-refractivity contribution in [2.24, 2.45) is 5.92 Å². The summed E-state index contributed by atoms with van der Waals surface area (Å²) in [5.41, 5.74) is 2.83. The molecule has 6 nitrogen and oxygen atoms in total. The summed E-state index contributed by atoms with van der Waals surface area (Å²) in [5, 5.41) is 3.78. The molecule has 2 heterocycles. The van der Waals surface area contributed by atoms with Gasteiger partial charge in [0.15, 0.2) is 5.82 Å². The second kappa shape index (κ2) is 8.91. The molecule has 0 radical (unpaired) electrons. The Labute approximate surface area is 217 Å². The number of rotatable bonds is 5. The van der Waals surface area contributed by atoms with Gasteiger partial charge in [-0.1, -0.05) is 59.6 Å². The molecule has 1 saturated heterocycles. The van der Waals surface area contributed by atoms with E-state index in [2.05, 4.69) is 21.4 Å². The minimum absolute atomic E-state index is 0.123. The SMILES string of the molecule is O=C(OCc1ccccc1)N1CC2CC2(c2ccc3ncnc(Nc4ccc(Cl)c(Cl)c4F)c3c2)C1. The number of aromatic nitrogens is 2. The summed E-state index contributed by atoms with van der Waals surface area (Å²) >= 11 is 11.9. The van der Waals surface area contributed by atoms with Crippen molar-refractivity contribution in [3.05, 3.63) is 94.0 Å². The van der Waals surface area contributed by atoms with Gasteiger partial charge < -0.3 is 15.0 Å². The number of halogens is 3. The van der Waals surface area contributed by atoms with Crippen LogP contribution in [0.3, 0.4) is 0 Å². The smallest absolute Gasteiger partial charge is 0.410 e. The molecule has 1 N–H and O–H groups in total. The van der Waals surface area contributed by atoms with Gasteiger partial charge in [-0.2, -0.15) is 0 Å². The molecule has 1 aliphatic heterocycles. The second-order valence-electron chi connectivity index (χ2n) is 9.28. The normalized spacial score (nSPS) is 20.3. The Kier molecular flexibility index (Phi) is 5.69. The van der Waals surface area contributed by atoms with E-state index >= 15 is 0 Å². The number of nitrogens with zero attached hydrogens (tertiary/aromatic N) is 3. The standard InChI is InChI=1S/C27H21Cl2FN4O2/c28-20-7-9-22(24(30)23(20)29)33-25-19-10-17(6-8-21(19)31-15-32-25)27-11-18(27)12-34(14-27)26(35)36-13-16-4-2-1-3-5-16/h1-10,15,18H,11-14H2,(H,31,32,33). The minimum Gasteiger partial charge on any atom is -0.445 e. The zero-order valence-corrected chi connectivity index (χ0v) is 20.6. The summed E-state index contributed by atoms with van der Waals surface area (Å²) < 4.78 is 20.2. The number of amides is 1. The van der Waals surface area contributed by atoms with E-state index in [-0.39, 0.29) is 33.8 Å². The average Bonchev–Trinajstić information content (AvgIpc) is 3.48. The molecular formula is C27H21Cl2FN4O2. The van der Waals surface area contributed by atoms with Gasteiger partial charge in [-0.15, -0.1) is 0 Å². The maximum Gasteiger partial charge on any atom is 0.410 e. The molecule has 1 aromatic heterocycles. The lowest BCUT2D eigenvalue weighted by molar-refractivity contribution is 0.0997. The van der Waals surface area contributed by atoms with Crippen molar-refractivity contribution in [3.8, 4) is 0 Å². The van der Waals surface area contributed by atoms with E-state index in [1.807, 2.05) is 42.5 Å². The summed E-state index contributed by atoms with van der Waals surface area (Å²) in [7, 11) is 0. The molecule has 2 fully saturated rings. The van der Waals surface area contributed by atoms with Crippen LogP contribution in [-0.4, -0.2) is 34.1 Å². The molecule has 4 aromatic rings. The Hall–Kier alpha value is -3.42. The summed E-state index contributed by atoms with van der Waals surface area (Å²) in [4.78, 5) is 23.2. The molecule has 0 spiro atoms. The maximum atomic E-state index is 14.7. The van der Waals surface area contributed by atoms with Gasteiger partial charge in [0.1, 0.15) is 18.8 Å². The molecular weight excluding hydrogens is 502 g/mol. The van der Waals surface area contributed by atoms with Gasteiger partial charge in [0.2, 0.25) is 0 Å². The van der Waals surface area contributed by atoms with Crippen molar-refractivity contribution in [3.63, 3.8) is 0 Å². The van der Waals surface area contributed by atoms with Crippen molar-refractivity contribution >= 4 is 51.7 Å². The molecule has 1 aliphatic carbocycles. The van der Waals surface area contributed by atoms with Crippen LogP contribution in [0.25, 0.3) is 10.9 Å². The highest BCUT2D eigenvalue weighted by Gasteiger charge is 2.62. The lowest BCUT2D eigenvalue weighted by Gasteiger charge is -2.21. The molecule has 182 valence electrons. The van der Waals surface area contributed by atoms with E-state index in [9.17, 15) is 9.18 Å². The topological polar surface area (TPSA) is 67.3 Å². The first-order valence-corrected chi connectivity index (χ1v) is 12.3. The van der Waals surface area contributed by atoms with E-state index < -0.39 is 5.82 Å². The van der Waals surface area contributed by atoms with Gasteiger partial charge >= 0.3 is 6.09 Å². The number of piperidine rings is 1. The second-order valence-corrected chi connectivity index (χ2v) is 10.1. The first kappa shape index (κ1) is 23.0. The third-order valence-electron chi connectivity index (χ3n) is 7.11. The Bertz CT molecular complexity index is 1490. The number of carbonyl (C=O) groups excluding carboxylic acids is 1. The lowest BCUT2D eigenvalue weighted by atomic mass is 9.93. The van der Waals surface area contributed by atoms with Crippen LogP contribution >= 0.6 is 23.2 Å². The summed E-state index contributed by atoms with van der Waals surface area (Å²) in [6.45, 7) is 1.51. The fourth-order valence-corrected chi connectivity index (χ4v) is 5.41. The van der Waals surface area contributed by atoms with Crippen molar-refractivity contribution in [1.29, 1.82) is 0 Å². The monoisotopic (exact) mass is 522 g/mol. The van der Waals surface area contributed by atoms with Crippen molar-refractivity contribution in [1.82, 2.24) is 14.9 Å². The number of anilines is 2. The van der Waals surface area contributed by atoms with Crippen LogP contribution in [0, 0.1) is 11.7 Å². The molecule has 2 unspecified atom stereocenters. The lowest BCUT2D eigenvalue weighted by Crippen LogP contribution is -2.33. The van der Waals surface area contributed by atoms with E-state index in [0.717, 1.165) is 28.5 Å². The number of ether oxygens (including phenoxy) is 1. The molecule has 9 heteroatoms. The molecule has 1 amide bonds. The molecule has 2 aliphatic rings. The first-order valence-electron chi connectivity index (χ1n) is 11.6. The highest BCUT2D eigenvalue weighted by molar-refractivity contribution is 6.42. The number of hydrogen-bond donors (Lipinski definition) is 1. The number of hydrogen-bond acceptors (Lipinski definition) is 5. The van der Waals surface area contributed by atoms with Crippen LogP contribution in [0.15, 0.2) is 67.0 Å². The van der Waals surface area contributed by atoms with Crippen LogP contribution in [0.2, 0.25) is 10.0 Å². The largest absolute Gasteiger partial charge is 0.445 e. The van der Waals surface area contributed by atoms with E-state index in [0.29, 0.717) is 24.8 Å². The highest BCUT2D eigenvalue weighted by atomic mass is 35.5. The predicted octanol–water partition coefficient (Wildman–Crippen LogP) is 6.73. The van der Waals surface area contributed by atoms with Crippen LogP contribution in [0.1, 0.15) is 17.5 Å². The number of carbonyl (C=O) groups is 1. The third-order valence-corrected chi connectivity index (χ3v) is 7.89. The predicted molar refractivity (Wildman–Crippen MR) is 137 cm³/mol. The van der Waals surface area contributed by atoms with Crippen LogP contribution in [0.4, 0.5) is 20.7 Å². The van der Waals surface area contributed by atoms with Crippen LogP contribution in [0.5, 0.6) is 0 Å². The number of fused-ring (bicyclic) bond motifs is 2. The van der Waals surface area contributed by atoms with Gasteiger partial charge in [-0.3, -0.25) is 0 Å². The van der Waals surface area contributed by atoms with E-state index in [1.165, 1.54) is 18.5 Å². The van der Waals surface area contributed by atoms with Gasteiger partial charge in [-0.05, 0) is 47.7 Å². The van der Waals surface area contributed by atoms with Crippen molar-refractivity contribution < 1.29 is 13.9 Å². The van der Waals surface area contributed by atoms with Crippen molar-refractivity contribution in [2.75, 3.05) is 18.4 Å². The number of nitrogens with one attached hydrogen (secondary N) is 1. The molecule has 36 heavy (non-hydrogen) atoms. The minimum atomic E-state index is -0.645. The summed E-state index contributed by atoms with van der Waals surface area (Å²) in [6.07, 6.45) is 2.13.